The van der Waals surface area contributed by atoms with E-state index in [2.05, 4.69) is 13.8 Å². The summed E-state index contributed by atoms with van der Waals surface area (Å²) in [4.78, 5) is 21.5. The molecule has 0 aliphatic heterocycles. The molecule has 0 saturated carbocycles. The quantitative estimate of drug-likeness (QED) is 0.324. The SMILES string of the molecule is CCCCCCCCOOC(=O)c1ccc(CCC)cc1. The number of aryl methyl sites for hydroxylation is 1. The van der Waals surface area contributed by atoms with Gasteiger partial charge in [0.2, 0.25) is 0 Å². The van der Waals surface area contributed by atoms with Crippen LogP contribution >= 0.6 is 0 Å². The topological polar surface area (TPSA) is 35.5 Å². The lowest BCUT2D eigenvalue weighted by molar-refractivity contribution is -0.241. The van der Waals surface area contributed by atoms with Gasteiger partial charge in [-0.3, -0.25) is 4.89 Å². The van der Waals surface area contributed by atoms with Crippen LogP contribution in [0.15, 0.2) is 24.3 Å². The first-order valence-electron chi connectivity index (χ1n) is 8.20. The minimum absolute atomic E-state index is 0.413. The second-order valence-electron chi connectivity index (χ2n) is 5.41. The number of hydrogen-bond donors (Lipinski definition) is 0. The fraction of sp³-hybridized carbons (Fsp3) is 0.611. The number of hydrogen-bond acceptors (Lipinski definition) is 3. The van der Waals surface area contributed by atoms with Crippen molar-refractivity contribution in [1.82, 2.24) is 0 Å². The second-order valence-corrected chi connectivity index (χ2v) is 5.41. The van der Waals surface area contributed by atoms with Crippen molar-refractivity contribution < 1.29 is 14.6 Å². The van der Waals surface area contributed by atoms with Crippen LogP contribution in [0.1, 0.15) is 74.7 Å². The van der Waals surface area contributed by atoms with E-state index in [1.54, 1.807) is 12.1 Å². The van der Waals surface area contributed by atoms with Crippen molar-refractivity contribution in [1.29, 1.82) is 0 Å². The summed E-state index contributed by atoms with van der Waals surface area (Å²) in [5, 5.41) is 0. The van der Waals surface area contributed by atoms with Crippen LogP contribution in [0, 0.1) is 0 Å². The Morgan fingerprint density at radius 2 is 1.57 bits per heavy atom. The lowest BCUT2D eigenvalue weighted by Gasteiger charge is -2.05. The molecular weight excluding hydrogens is 264 g/mol. The van der Waals surface area contributed by atoms with Crippen LogP contribution in [0.5, 0.6) is 0 Å². The monoisotopic (exact) mass is 292 g/mol. The van der Waals surface area contributed by atoms with Gasteiger partial charge in [-0.1, -0.05) is 64.5 Å². The standard InChI is InChI=1S/C18H28O3/c1-3-5-6-7-8-9-15-20-21-18(19)17-13-11-16(10-4-2)12-14-17/h11-14H,3-10,15H2,1-2H3. The highest BCUT2D eigenvalue weighted by molar-refractivity contribution is 5.88. The molecule has 0 unspecified atom stereocenters. The number of carbonyl (C=O) groups excluding carboxylic acids is 1. The second kappa shape index (κ2) is 11.3. The third kappa shape index (κ3) is 7.86. The van der Waals surface area contributed by atoms with Crippen molar-refractivity contribution in [2.45, 2.75) is 65.2 Å². The van der Waals surface area contributed by atoms with Gasteiger partial charge in [0.15, 0.2) is 0 Å². The Kier molecular flexibility index (Phi) is 9.55. The fourth-order valence-corrected chi connectivity index (χ4v) is 2.18. The lowest BCUT2D eigenvalue weighted by Crippen LogP contribution is -2.07. The van der Waals surface area contributed by atoms with Crippen LogP contribution in [0.3, 0.4) is 0 Å². The molecule has 21 heavy (non-hydrogen) atoms. The van der Waals surface area contributed by atoms with Gasteiger partial charge in [-0.25, -0.2) is 4.79 Å². The normalized spacial score (nSPS) is 10.6. The van der Waals surface area contributed by atoms with Crippen LogP contribution in [0.4, 0.5) is 0 Å². The third-order valence-electron chi connectivity index (χ3n) is 3.44. The van der Waals surface area contributed by atoms with E-state index >= 15 is 0 Å². The van der Waals surface area contributed by atoms with Gasteiger partial charge in [0.1, 0.15) is 0 Å². The molecular formula is C18H28O3. The van der Waals surface area contributed by atoms with E-state index in [0.29, 0.717) is 12.2 Å². The highest BCUT2D eigenvalue weighted by Gasteiger charge is 2.07. The number of rotatable bonds is 11. The zero-order chi connectivity index (χ0) is 15.3. The minimum atomic E-state index is -0.413. The summed E-state index contributed by atoms with van der Waals surface area (Å²) < 4.78 is 0. The van der Waals surface area contributed by atoms with E-state index < -0.39 is 5.97 Å². The maximum Gasteiger partial charge on any atom is 0.373 e. The van der Waals surface area contributed by atoms with Crippen LogP contribution in [0.2, 0.25) is 0 Å². The average Bonchev–Trinajstić information content (AvgIpc) is 2.51. The van der Waals surface area contributed by atoms with Crippen LogP contribution in [0.25, 0.3) is 0 Å². The van der Waals surface area contributed by atoms with Gasteiger partial charge in [0.25, 0.3) is 0 Å². The van der Waals surface area contributed by atoms with Gasteiger partial charge in [0, 0.05) is 0 Å². The summed E-state index contributed by atoms with van der Waals surface area (Å²) in [5.41, 5.74) is 1.78. The maximum absolute atomic E-state index is 11.7. The molecule has 0 saturated heterocycles. The summed E-state index contributed by atoms with van der Waals surface area (Å²) >= 11 is 0. The maximum atomic E-state index is 11.7. The first-order chi connectivity index (χ1) is 10.3. The summed E-state index contributed by atoms with van der Waals surface area (Å²) in [6, 6.07) is 7.52. The summed E-state index contributed by atoms with van der Waals surface area (Å²) in [7, 11) is 0. The zero-order valence-corrected chi connectivity index (χ0v) is 13.4. The number of carbonyl (C=O) groups is 1. The molecule has 1 aromatic carbocycles. The molecule has 0 fully saturated rings. The molecule has 118 valence electrons. The van der Waals surface area contributed by atoms with Crippen LogP contribution < -0.4 is 0 Å². The van der Waals surface area contributed by atoms with Crippen LogP contribution in [-0.4, -0.2) is 12.6 Å². The van der Waals surface area contributed by atoms with Crippen LogP contribution in [-0.2, 0) is 16.2 Å². The molecule has 0 aliphatic carbocycles. The molecule has 0 radical (unpaired) electrons. The molecule has 3 heteroatoms. The summed E-state index contributed by atoms with van der Waals surface area (Å²) in [6.07, 6.45) is 9.25. The van der Waals surface area contributed by atoms with E-state index in [0.717, 1.165) is 25.7 Å². The molecule has 0 N–H and O–H groups in total. The molecule has 0 aliphatic rings. The van der Waals surface area contributed by atoms with Gasteiger partial charge < -0.3 is 0 Å². The summed E-state index contributed by atoms with van der Waals surface area (Å²) in [5.74, 6) is -0.413. The Hall–Kier alpha value is -1.35. The van der Waals surface area contributed by atoms with Crippen molar-refractivity contribution in [3.05, 3.63) is 35.4 Å². The highest BCUT2D eigenvalue weighted by atomic mass is 17.2. The predicted molar refractivity (Wildman–Crippen MR) is 85.2 cm³/mol. The van der Waals surface area contributed by atoms with E-state index in [9.17, 15) is 4.79 Å². The van der Waals surface area contributed by atoms with E-state index in [4.69, 9.17) is 9.78 Å². The van der Waals surface area contributed by atoms with E-state index in [-0.39, 0.29) is 0 Å². The lowest BCUT2D eigenvalue weighted by atomic mass is 10.1. The molecule has 0 aromatic heterocycles. The Labute approximate surface area is 128 Å². The number of benzene rings is 1. The molecule has 1 aromatic rings. The molecule has 0 amide bonds. The zero-order valence-electron chi connectivity index (χ0n) is 13.4. The molecule has 3 nitrogen and oxygen atoms in total. The Morgan fingerprint density at radius 3 is 2.24 bits per heavy atom. The van der Waals surface area contributed by atoms with Gasteiger partial charge in [-0.2, -0.15) is 4.89 Å². The van der Waals surface area contributed by atoms with Crippen molar-refractivity contribution >= 4 is 5.97 Å². The minimum Gasteiger partial charge on any atom is -0.293 e. The molecule has 0 atom stereocenters. The smallest absolute Gasteiger partial charge is 0.293 e. The predicted octanol–water partition coefficient (Wildman–Crippen LogP) is 5.09. The Balaban J connectivity index is 2.13. The first-order valence-corrected chi connectivity index (χ1v) is 8.20. The van der Waals surface area contributed by atoms with E-state index in [1.807, 2.05) is 12.1 Å². The third-order valence-corrected chi connectivity index (χ3v) is 3.44. The molecule has 1 rings (SSSR count). The number of unbranched alkanes of at least 4 members (excludes halogenated alkanes) is 5. The van der Waals surface area contributed by atoms with Crippen molar-refractivity contribution in [3.8, 4) is 0 Å². The van der Waals surface area contributed by atoms with Gasteiger partial charge in [-0.05, 0) is 30.5 Å². The van der Waals surface area contributed by atoms with Gasteiger partial charge >= 0.3 is 5.97 Å². The first kappa shape index (κ1) is 17.7. The molecule has 0 heterocycles. The van der Waals surface area contributed by atoms with Gasteiger partial charge in [0.05, 0.1) is 12.2 Å². The van der Waals surface area contributed by atoms with E-state index in [1.165, 1.54) is 31.2 Å². The highest BCUT2D eigenvalue weighted by Crippen LogP contribution is 2.09. The largest absolute Gasteiger partial charge is 0.373 e. The Morgan fingerprint density at radius 1 is 0.905 bits per heavy atom. The van der Waals surface area contributed by atoms with Gasteiger partial charge in [-0.15, -0.1) is 0 Å². The average molecular weight is 292 g/mol. The molecule has 0 bridgehead atoms. The van der Waals surface area contributed by atoms with Crippen molar-refractivity contribution in [3.63, 3.8) is 0 Å². The molecule has 0 spiro atoms. The fourth-order valence-electron chi connectivity index (χ4n) is 2.18. The Bertz CT molecular complexity index is 384. The summed E-state index contributed by atoms with van der Waals surface area (Å²) in [6.45, 7) is 4.82. The van der Waals surface area contributed by atoms with Crippen molar-refractivity contribution in [2.75, 3.05) is 6.61 Å². The van der Waals surface area contributed by atoms with Crippen molar-refractivity contribution in [2.24, 2.45) is 0 Å².